The molecule has 1 aliphatic heterocycles. The first kappa shape index (κ1) is 21.6. The van der Waals surface area contributed by atoms with Gasteiger partial charge in [-0.15, -0.1) is 0 Å². The number of hydrogen-bond acceptors (Lipinski definition) is 4. The van der Waals surface area contributed by atoms with Gasteiger partial charge in [0.05, 0.1) is 11.7 Å². The zero-order valence-corrected chi connectivity index (χ0v) is 19.2. The second kappa shape index (κ2) is 7.95. The van der Waals surface area contributed by atoms with Gasteiger partial charge in [0.15, 0.2) is 0 Å². The van der Waals surface area contributed by atoms with Crippen LogP contribution in [-0.2, 0) is 20.5 Å². The minimum Gasteiger partial charge on any atom is -0.326 e. The van der Waals surface area contributed by atoms with Crippen molar-refractivity contribution < 1.29 is 8.78 Å². The van der Waals surface area contributed by atoms with Crippen LogP contribution in [-0.4, -0.2) is 25.9 Å². The molecule has 3 aromatic heterocycles. The van der Waals surface area contributed by atoms with Crippen molar-refractivity contribution in [2.24, 2.45) is 14.1 Å². The van der Waals surface area contributed by atoms with Crippen LogP contribution in [0, 0.1) is 6.92 Å². The number of anilines is 2. The fourth-order valence-corrected chi connectivity index (χ4v) is 4.82. The minimum absolute atomic E-state index is 0.0523. The molecule has 5 rings (SSSR count). The minimum atomic E-state index is -2.65. The lowest BCUT2D eigenvalue weighted by Gasteiger charge is -2.32. The molecule has 0 spiro atoms. The van der Waals surface area contributed by atoms with Gasteiger partial charge in [0.1, 0.15) is 11.0 Å². The van der Waals surface area contributed by atoms with Crippen molar-refractivity contribution in [3.05, 3.63) is 68.9 Å². The van der Waals surface area contributed by atoms with E-state index >= 15 is 0 Å². The average molecular weight is 470 g/mol. The molecule has 0 saturated carbocycles. The van der Waals surface area contributed by atoms with Crippen molar-refractivity contribution in [2.45, 2.75) is 26.2 Å². The number of aromatic nitrogens is 4. The smallest absolute Gasteiger partial charge is 0.264 e. The number of rotatable bonds is 3. The summed E-state index contributed by atoms with van der Waals surface area (Å²) in [6, 6.07) is 6.92. The number of nitrogens with zero attached hydrogens (tertiary/aromatic N) is 5. The van der Waals surface area contributed by atoms with E-state index in [-0.39, 0.29) is 16.3 Å². The fourth-order valence-electron chi connectivity index (χ4n) is 4.58. The summed E-state index contributed by atoms with van der Waals surface area (Å²) in [5, 5.41) is 5.09. The van der Waals surface area contributed by atoms with Crippen molar-refractivity contribution in [1.29, 1.82) is 0 Å². The van der Waals surface area contributed by atoms with Crippen molar-refractivity contribution in [1.82, 2.24) is 19.3 Å². The van der Waals surface area contributed by atoms with E-state index in [1.54, 1.807) is 60.9 Å². The molecule has 4 heterocycles. The van der Waals surface area contributed by atoms with Crippen molar-refractivity contribution >= 4 is 34.0 Å². The summed E-state index contributed by atoms with van der Waals surface area (Å²) >= 11 is 6.51. The summed E-state index contributed by atoms with van der Waals surface area (Å²) in [6.07, 6.45) is 2.29. The highest BCUT2D eigenvalue weighted by molar-refractivity contribution is 6.34. The molecule has 0 fully saturated rings. The summed E-state index contributed by atoms with van der Waals surface area (Å²) in [4.78, 5) is 18.9. The monoisotopic (exact) mass is 469 g/mol. The standard InChI is InChI=1S/C24H22ClF2N5O/c1-13-7-18-20(31(3)24(13)33)10-21(29-22(18)25)32-6-4-5-14-8-16(15-11-28-30(2)12-15)17(23(26)27)9-19(14)32/h7-12,23H,4-6H2,1-3H3. The van der Waals surface area contributed by atoms with Gasteiger partial charge in [-0.25, -0.2) is 13.8 Å². The van der Waals surface area contributed by atoms with Crippen LogP contribution in [0.3, 0.4) is 0 Å². The molecule has 1 aliphatic rings. The molecular weight excluding hydrogens is 448 g/mol. The van der Waals surface area contributed by atoms with Crippen molar-refractivity contribution in [3.63, 3.8) is 0 Å². The van der Waals surface area contributed by atoms with E-state index in [2.05, 4.69) is 10.1 Å². The second-order valence-corrected chi connectivity index (χ2v) is 8.78. The molecular formula is C24H22ClF2N5O. The summed E-state index contributed by atoms with van der Waals surface area (Å²) in [5.41, 5.74) is 3.85. The quantitative estimate of drug-likeness (QED) is 0.381. The van der Waals surface area contributed by atoms with Gasteiger partial charge in [0.2, 0.25) is 0 Å². The highest BCUT2D eigenvalue weighted by atomic mass is 35.5. The molecule has 9 heteroatoms. The number of hydrogen-bond donors (Lipinski definition) is 0. The Morgan fingerprint density at radius 1 is 1.15 bits per heavy atom. The summed E-state index contributed by atoms with van der Waals surface area (Å²) in [5.74, 6) is 0.529. The number of benzene rings is 1. The van der Waals surface area contributed by atoms with Crippen LogP contribution < -0.4 is 10.5 Å². The Morgan fingerprint density at radius 2 is 1.94 bits per heavy atom. The summed E-state index contributed by atoms with van der Waals surface area (Å²) in [7, 11) is 3.45. The Morgan fingerprint density at radius 3 is 2.64 bits per heavy atom. The Kier molecular flexibility index (Phi) is 5.20. The number of alkyl halides is 2. The van der Waals surface area contributed by atoms with Crippen molar-refractivity contribution in [3.8, 4) is 11.1 Å². The zero-order valence-electron chi connectivity index (χ0n) is 18.4. The largest absolute Gasteiger partial charge is 0.326 e. The SMILES string of the molecule is Cc1cc2c(Cl)nc(N3CCCc4cc(-c5cnn(C)c5)c(C(F)F)cc43)cc2n(C)c1=O. The molecule has 0 N–H and O–H groups in total. The van der Waals surface area contributed by atoms with E-state index in [1.165, 1.54) is 0 Å². The first-order valence-electron chi connectivity index (χ1n) is 10.6. The third-order valence-corrected chi connectivity index (χ3v) is 6.53. The number of pyridine rings is 2. The zero-order chi connectivity index (χ0) is 23.4. The molecule has 0 radical (unpaired) electrons. The van der Waals surface area contributed by atoms with Crippen molar-refractivity contribution in [2.75, 3.05) is 11.4 Å². The maximum atomic E-state index is 14.1. The highest BCUT2D eigenvalue weighted by Crippen LogP contribution is 2.41. The molecule has 6 nitrogen and oxygen atoms in total. The number of fused-ring (bicyclic) bond motifs is 2. The molecule has 1 aromatic carbocycles. The maximum Gasteiger partial charge on any atom is 0.264 e. The Labute approximate surface area is 194 Å². The van der Waals surface area contributed by atoms with Gasteiger partial charge < -0.3 is 9.47 Å². The van der Waals surface area contributed by atoms with E-state index in [9.17, 15) is 13.6 Å². The molecule has 0 bridgehead atoms. The van der Waals surface area contributed by atoms with E-state index < -0.39 is 6.43 Å². The van der Waals surface area contributed by atoms with Gasteiger partial charge in [-0.2, -0.15) is 5.10 Å². The third kappa shape index (κ3) is 3.58. The molecule has 33 heavy (non-hydrogen) atoms. The normalized spacial score (nSPS) is 13.7. The highest BCUT2D eigenvalue weighted by Gasteiger charge is 2.26. The first-order chi connectivity index (χ1) is 15.7. The Bertz CT molecular complexity index is 1460. The molecule has 0 amide bonds. The molecule has 0 atom stereocenters. The van der Waals surface area contributed by atoms with Gasteiger partial charge in [-0.3, -0.25) is 9.48 Å². The predicted octanol–water partition coefficient (Wildman–Crippen LogP) is 5.32. The van der Waals surface area contributed by atoms with Gasteiger partial charge in [0, 0.05) is 60.7 Å². The maximum absolute atomic E-state index is 14.1. The lowest BCUT2D eigenvalue weighted by molar-refractivity contribution is 0.152. The van der Waals surface area contributed by atoms with Crippen LogP contribution in [0.4, 0.5) is 20.3 Å². The van der Waals surface area contributed by atoms with Gasteiger partial charge in [-0.05, 0) is 49.1 Å². The molecule has 0 saturated heterocycles. The lowest BCUT2D eigenvalue weighted by atomic mass is 9.93. The number of halogens is 3. The van der Waals surface area contributed by atoms with Crippen LogP contribution in [0.25, 0.3) is 22.0 Å². The third-order valence-electron chi connectivity index (χ3n) is 6.24. The van der Waals surface area contributed by atoms with E-state index in [0.29, 0.717) is 45.6 Å². The van der Waals surface area contributed by atoms with Crippen LogP contribution in [0.2, 0.25) is 5.15 Å². The van der Waals surface area contributed by atoms with E-state index in [0.717, 1.165) is 18.4 Å². The first-order valence-corrected chi connectivity index (χ1v) is 11.0. The Hall–Kier alpha value is -3.26. The van der Waals surface area contributed by atoms with Gasteiger partial charge in [-0.1, -0.05) is 11.6 Å². The molecule has 4 aromatic rings. The average Bonchev–Trinajstić information content (AvgIpc) is 3.23. The molecule has 0 unspecified atom stereocenters. The molecule has 0 aliphatic carbocycles. The van der Waals surface area contributed by atoms with Gasteiger partial charge >= 0.3 is 0 Å². The fraction of sp³-hybridized carbons (Fsp3) is 0.292. The number of aryl methyl sites for hydroxylation is 4. The summed E-state index contributed by atoms with van der Waals surface area (Å²) in [6.45, 7) is 2.34. The second-order valence-electron chi connectivity index (χ2n) is 8.42. The van der Waals surface area contributed by atoms with E-state index in [4.69, 9.17) is 11.6 Å². The topological polar surface area (TPSA) is 56.0 Å². The molecule has 170 valence electrons. The lowest BCUT2D eigenvalue weighted by Crippen LogP contribution is -2.26. The summed E-state index contributed by atoms with van der Waals surface area (Å²) < 4.78 is 31.4. The van der Waals surface area contributed by atoms with Crippen LogP contribution in [0.5, 0.6) is 0 Å². The van der Waals surface area contributed by atoms with Gasteiger partial charge in [0.25, 0.3) is 12.0 Å². The Balaban J connectivity index is 1.69. The van der Waals surface area contributed by atoms with E-state index in [1.807, 2.05) is 11.0 Å². The van der Waals surface area contributed by atoms with Crippen LogP contribution in [0.1, 0.15) is 29.5 Å². The van der Waals surface area contributed by atoms with Crippen LogP contribution in [0.15, 0.2) is 41.5 Å². The van der Waals surface area contributed by atoms with Crippen LogP contribution >= 0.6 is 11.6 Å². The predicted molar refractivity (Wildman–Crippen MR) is 126 cm³/mol.